The molecule has 1 heterocycles. The maximum atomic E-state index is 13.8. The summed E-state index contributed by atoms with van der Waals surface area (Å²) in [6, 6.07) is 2.87. The molecular weight excluding hydrogens is 291 g/mol. The minimum Gasteiger partial charge on any atom is -0.262 e. The summed E-state index contributed by atoms with van der Waals surface area (Å²) < 4.78 is 39.7. The van der Waals surface area contributed by atoms with Crippen molar-refractivity contribution in [1.82, 2.24) is 9.97 Å². The number of nitrogens with zero attached hydrogens (tertiary/aromatic N) is 3. The van der Waals surface area contributed by atoms with Gasteiger partial charge in [0.05, 0.1) is 11.1 Å². The molecule has 0 radical (unpaired) electrons. The zero-order valence-corrected chi connectivity index (χ0v) is 10.5. The minimum atomic E-state index is -4.33. The first-order chi connectivity index (χ1) is 9.42. The van der Waals surface area contributed by atoms with Crippen molar-refractivity contribution < 1.29 is 17.7 Å². The monoisotopic (exact) mass is 298 g/mol. The molecule has 2 aromatic rings. The summed E-state index contributed by atoms with van der Waals surface area (Å²) in [7, 11) is -4.33. The van der Waals surface area contributed by atoms with Crippen LogP contribution in [0.1, 0.15) is 0 Å². The molecular formula is C10H7FN4O4S. The Hall–Kier alpha value is -2.62. The van der Waals surface area contributed by atoms with Crippen LogP contribution < -0.4 is 4.72 Å². The van der Waals surface area contributed by atoms with Gasteiger partial charge in [0, 0.05) is 18.5 Å². The van der Waals surface area contributed by atoms with Crippen LogP contribution in [0.5, 0.6) is 0 Å². The molecule has 104 valence electrons. The molecule has 0 bridgehead atoms. The quantitative estimate of drug-likeness (QED) is 0.672. The lowest BCUT2D eigenvalue weighted by atomic mass is 10.3. The smallest absolute Gasteiger partial charge is 0.262 e. The van der Waals surface area contributed by atoms with Gasteiger partial charge >= 0.3 is 5.69 Å². The molecule has 0 amide bonds. The van der Waals surface area contributed by atoms with Gasteiger partial charge in [0.15, 0.2) is 5.82 Å². The number of aromatic nitrogens is 2. The number of nitrogens with one attached hydrogen (secondary N) is 1. The number of anilines is 1. The zero-order valence-electron chi connectivity index (χ0n) is 9.72. The molecule has 1 aromatic heterocycles. The Bertz CT molecular complexity index is 751. The van der Waals surface area contributed by atoms with Gasteiger partial charge in [-0.1, -0.05) is 6.07 Å². The molecule has 8 nitrogen and oxygen atoms in total. The highest BCUT2D eigenvalue weighted by molar-refractivity contribution is 7.92. The first-order valence-electron chi connectivity index (χ1n) is 5.13. The lowest BCUT2D eigenvalue weighted by Crippen LogP contribution is -2.16. The van der Waals surface area contributed by atoms with Crippen molar-refractivity contribution in [2.24, 2.45) is 0 Å². The summed E-state index contributed by atoms with van der Waals surface area (Å²) in [6.07, 6.45) is 3.68. The van der Waals surface area contributed by atoms with E-state index < -0.39 is 31.3 Å². The van der Waals surface area contributed by atoms with E-state index in [4.69, 9.17) is 0 Å². The van der Waals surface area contributed by atoms with Gasteiger partial charge in [0.25, 0.3) is 10.0 Å². The Kier molecular flexibility index (Phi) is 3.57. The van der Waals surface area contributed by atoms with Gasteiger partial charge in [-0.15, -0.1) is 0 Å². The number of benzene rings is 1. The minimum absolute atomic E-state index is 0.126. The predicted octanol–water partition coefficient (Wildman–Crippen LogP) is 1.32. The van der Waals surface area contributed by atoms with Gasteiger partial charge in [-0.2, -0.15) is 4.39 Å². The Balaban J connectivity index is 2.45. The number of nitro groups is 1. The topological polar surface area (TPSA) is 115 Å². The first kappa shape index (κ1) is 13.8. The van der Waals surface area contributed by atoms with Gasteiger partial charge in [-0.3, -0.25) is 19.8 Å². The van der Waals surface area contributed by atoms with Crippen LogP contribution in [0.3, 0.4) is 0 Å². The molecule has 0 spiro atoms. The highest BCUT2D eigenvalue weighted by Crippen LogP contribution is 2.24. The van der Waals surface area contributed by atoms with Gasteiger partial charge in [0.2, 0.25) is 5.82 Å². The van der Waals surface area contributed by atoms with Gasteiger partial charge in [-0.25, -0.2) is 13.4 Å². The zero-order chi connectivity index (χ0) is 14.8. The fourth-order valence-corrected chi connectivity index (χ4v) is 2.48. The van der Waals surface area contributed by atoms with Crippen LogP contribution in [0.15, 0.2) is 41.7 Å². The van der Waals surface area contributed by atoms with E-state index in [9.17, 15) is 22.9 Å². The second kappa shape index (κ2) is 5.17. The molecule has 10 heteroatoms. The van der Waals surface area contributed by atoms with Crippen LogP contribution in [0.4, 0.5) is 15.9 Å². The lowest BCUT2D eigenvalue weighted by Gasteiger charge is -2.07. The van der Waals surface area contributed by atoms with Crippen LogP contribution in [0.2, 0.25) is 0 Å². The van der Waals surface area contributed by atoms with E-state index in [0.29, 0.717) is 0 Å². The summed E-state index contributed by atoms with van der Waals surface area (Å²) in [5, 5.41) is 10.6. The van der Waals surface area contributed by atoms with Crippen molar-refractivity contribution in [1.29, 1.82) is 0 Å². The summed E-state index contributed by atoms with van der Waals surface area (Å²) in [5.41, 5.74) is -0.924. The van der Waals surface area contributed by atoms with Gasteiger partial charge in [0.1, 0.15) is 4.90 Å². The number of sulfonamides is 1. The fourth-order valence-electron chi connectivity index (χ4n) is 1.39. The Morgan fingerprint density at radius 2 is 2.05 bits per heavy atom. The Morgan fingerprint density at radius 3 is 2.65 bits per heavy atom. The molecule has 0 aliphatic carbocycles. The summed E-state index contributed by atoms with van der Waals surface area (Å²) in [4.78, 5) is 16.1. The van der Waals surface area contributed by atoms with E-state index in [-0.39, 0.29) is 5.82 Å². The summed E-state index contributed by atoms with van der Waals surface area (Å²) in [5.74, 6) is -1.56. The second-order valence-electron chi connectivity index (χ2n) is 3.54. The average Bonchev–Trinajstić information content (AvgIpc) is 2.39. The van der Waals surface area contributed by atoms with Crippen LogP contribution in [0, 0.1) is 15.9 Å². The summed E-state index contributed by atoms with van der Waals surface area (Å²) in [6.45, 7) is 0. The van der Waals surface area contributed by atoms with Crippen LogP contribution in [0.25, 0.3) is 0 Å². The summed E-state index contributed by atoms with van der Waals surface area (Å²) >= 11 is 0. The Labute approximate surface area is 112 Å². The van der Waals surface area contributed by atoms with E-state index in [0.717, 1.165) is 24.4 Å². The van der Waals surface area contributed by atoms with E-state index in [1.807, 2.05) is 4.72 Å². The average molecular weight is 298 g/mol. The second-order valence-corrected chi connectivity index (χ2v) is 5.19. The standard InChI is InChI=1S/C10H7FN4O4S/c11-10-7(15(16)17)2-1-3-8(10)20(18,19)14-9-6-12-4-5-13-9/h1-6H,(H,13,14). The number of rotatable bonds is 4. The third-order valence-corrected chi connectivity index (χ3v) is 3.60. The van der Waals surface area contributed by atoms with Crippen molar-refractivity contribution in [2.45, 2.75) is 4.90 Å². The van der Waals surface area contributed by atoms with Crippen molar-refractivity contribution >= 4 is 21.5 Å². The van der Waals surface area contributed by atoms with E-state index in [2.05, 4.69) is 9.97 Å². The third kappa shape index (κ3) is 2.69. The van der Waals surface area contributed by atoms with E-state index >= 15 is 0 Å². The maximum Gasteiger partial charge on any atom is 0.306 e. The molecule has 20 heavy (non-hydrogen) atoms. The fraction of sp³-hybridized carbons (Fsp3) is 0. The number of nitro benzene ring substituents is 1. The normalized spacial score (nSPS) is 11.1. The highest BCUT2D eigenvalue weighted by atomic mass is 32.2. The maximum absolute atomic E-state index is 13.8. The molecule has 0 fully saturated rings. The number of hydrogen-bond acceptors (Lipinski definition) is 6. The SMILES string of the molecule is O=[N+]([O-])c1cccc(S(=O)(=O)Nc2cnccn2)c1F. The molecule has 1 N–H and O–H groups in total. The molecule has 0 aliphatic rings. The molecule has 0 aliphatic heterocycles. The van der Waals surface area contributed by atoms with Crippen molar-refractivity contribution in [3.63, 3.8) is 0 Å². The van der Waals surface area contributed by atoms with Crippen LogP contribution in [-0.4, -0.2) is 23.3 Å². The molecule has 0 atom stereocenters. The largest absolute Gasteiger partial charge is 0.306 e. The van der Waals surface area contributed by atoms with Gasteiger partial charge in [-0.05, 0) is 6.07 Å². The Morgan fingerprint density at radius 1 is 1.30 bits per heavy atom. The van der Waals surface area contributed by atoms with Gasteiger partial charge < -0.3 is 0 Å². The molecule has 0 saturated carbocycles. The molecule has 0 unspecified atom stereocenters. The van der Waals surface area contributed by atoms with E-state index in [1.165, 1.54) is 12.4 Å². The van der Waals surface area contributed by atoms with E-state index in [1.54, 1.807) is 0 Å². The third-order valence-electron chi connectivity index (χ3n) is 2.23. The highest BCUT2D eigenvalue weighted by Gasteiger charge is 2.26. The molecule has 0 saturated heterocycles. The van der Waals surface area contributed by atoms with Crippen LogP contribution >= 0.6 is 0 Å². The number of halogens is 1. The molecule has 2 rings (SSSR count). The molecule has 1 aromatic carbocycles. The number of hydrogen-bond donors (Lipinski definition) is 1. The van der Waals surface area contributed by atoms with Crippen molar-refractivity contribution in [2.75, 3.05) is 4.72 Å². The van der Waals surface area contributed by atoms with Crippen molar-refractivity contribution in [3.05, 3.63) is 52.7 Å². The lowest BCUT2D eigenvalue weighted by molar-refractivity contribution is -0.387. The predicted molar refractivity (Wildman–Crippen MR) is 65.9 cm³/mol. The van der Waals surface area contributed by atoms with Crippen LogP contribution in [-0.2, 0) is 10.0 Å². The van der Waals surface area contributed by atoms with Crippen molar-refractivity contribution in [3.8, 4) is 0 Å². The first-order valence-corrected chi connectivity index (χ1v) is 6.62.